The number of carbonyl (C=O) groups is 2. The molecule has 1 aromatic carbocycles. The number of amides is 2. The zero-order valence-electron chi connectivity index (χ0n) is 23.0. The molecule has 216 valence electrons. The fourth-order valence-electron chi connectivity index (χ4n) is 7.15. The second-order valence-corrected chi connectivity index (χ2v) is 12.3. The molecule has 40 heavy (non-hydrogen) atoms. The van der Waals surface area contributed by atoms with Crippen molar-refractivity contribution in [1.82, 2.24) is 10.2 Å². The van der Waals surface area contributed by atoms with Crippen LogP contribution < -0.4 is 5.32 Å². The second kappa shape index (κ2) is 10.6. The molecular weight excluding hydrogens is 526 g/mol. The summed E-state index contributed by atoms with van der Waals surface area (Å²) in [6, 6.07) is 6.68. The van der Waals surface area contributed by atoms with Gasteiger partial charge in [0.05, 0.1) is 35.8 Å². The molecule has 5 fully saturated rings. The van der Waals surface area contributed by atoms with E-state index in [0.717, 1.165) is 25.0 Å². The standard InChI is InChI=1S/C28H35BF3N3O5/c1-26(2)19-14-21(26)27(3)22(15-19)39-29(40-27)23(13-17-6-8-18(9-7-17)28(30,31)32)34-25(37)38-20-5-4-12-35(16-20)24(36)10-11-33/h6-9,19-23H,4-5,10,12-16H2,1-3H3,(H,34,37)/t19?,20?,21?,22-,23?,27+/m1/s1. The Morgan fingerprint density at radius 1 is 1.25 bits per heavy atom. The number of alkyl halides is 3. The van der Waals surface area contributed by atoms with Crippen molar-refractivity contribution in [2.75, 3.05) is 13.1 Å². The predicted octanol–water partition coefficient (Wildman–Crippen LogP) is 4.51. The molecule has 2 heterocycles. The molecule has 5 aliphatic rings. The van der Waals surface area contributed by atoms with Gasteiger partial charge in [-0.15, -0.1) is 0 Å². The lowest BCUT2D eigenvalue weighted by Crippen LogP contribution is -2.65. The quantitative estimate of drug-likeness (QED) is 0.513. The van der Waals surface area contributed by atoms with Gasteiger partial charge in [0, 0.05) is 6.54 Å². The number of likely N-dealkylation sites (tertiary alicyclic amines) is 1. The van der Waals surface area contributed by atoms with E-state index in [1.54, 1.807) is 0 Å². The molecule has 3 aliphatic carbocycles. The van der Waals surface area contributed by atoms with E-state index >= 15 is 0 Å². The Hall–Kier alpha value is -2.78. The number of rotatable bonds is 6. The number of hydrogen-bond acceptors (Lipinski definition) is 6. The van der Waals surface area contributed by atoms with Crippen LogP contribution in [0.1, 0.15) is 64.0 Å². The van der Waals surface area contributed by atoms with E-state index in [0.29, 0.717) is 36.8 Å². The maximum atomic E-state index is 13.1. The van der Waals surface area contributed by atoms with Crippen LogP contribution in [0.2, 0.25) is 0 Å². The van der Waals surface area contributed by atoms with E-state index in [4.69, 9.17) is 19.3 Å². The topological polar surface area (TPSA) is 101 Å². The van der Waals surface area contributed by atoms with Gasteiger partial charge in [-0.3, -0.25) is 4.79 Å². The fourth-order valence-corrected chi connectivity index (χ4v) is 7.15. The normalized spacial score (nSPS) is 31.4. The Labute approximate surface area is 232 Å². The minimum atomic E-state index is -4.45. The third-order valence-electron chi connectivity index (χ3n) is 9.57. The predicted molar refractivity (Wildman–Crippen MR) is 138 cm³/mol. The molecule has 2 aliphatic heterocycles. The lowest BCUT2D eigenvalue weighted by molar-refractivity contribution is -0.199. The van der Waals surface area contributed by atoms with Gasteiger partial charge in [-0.05, 0) is 74.0 Å². The van der Waals surface area contributed by atoms with Crippen LogP contribution in [-0.2, 0) is 31.4 Å². The first-order valence-corrected chi connectivity index (χ1v) is 13.9. The highest BCUT2D eigenvalue weighted by Crippen LogP contribution is 2.65. The monoisotopic (exact) mass is 561 g/mol. The van der Waals surface area contributed by atoms with Crippen LogP contribution in [0.5, 0.6) is 0 Å². The number of nitrogens with one attached hydrogen (secondary N) is 1. The molecular formula is C28H35BF3N3O5. The lowest BCUT2D eigenvalue weighted by atomic mass is 9.43. The molecule has 0 radical (unpaired) electrons. The molecule has 2 bridgehead atoms. The fraction of sp³-hybridized carbons (Fsp3) is 0.679. The summed E-state index contributed by atoms with van der Waals surface area (Å²) in [5, 5.41) is 11.7. The number of halogens is 3. The highest BCUT2D eigenvalue weighted by atomic mass is 19.4. The SMILES string of the molecule is CC1(C)C2CC1[C@]1(C)OB(C(Cc3ccc(C(F)(F)F)cc3)NC(=O)OC3CCCN(C(=O)CC#N)C3)O[C@@H]1C2. The van der Waals surface area contributed by atoms with Gasteiger partial charge in [0.1, 0.15) is 12.5 Å². The molecule has 4 unspecified atom stereocenters. The van der Waals surface area contributed by atoms with E-state index < -0.39 is 42.6 Å². The summed E-state index contributed by atoms with van der Waals surface area (Å²) in [6.07, 6.45) is -2.79. The molecule has 12 heteroatoms. The first kappa shape index (κ1) is 28.7. The first-order chi connectivity index (χ1) is 18.8. The van der Waals surface area contributed by atoms with Crippen LogP contribution in [0.4, 0.5) is 18.0 Å². The van der Waals surface area contributed by atoms with Crippen LogP contribution >= 0.6 is 0 Å². The second-order valence-electron chi connectivity index (χ2n) is 12.3. The molecule has 6 rings (SSSR count). The van der Waals surface area contributed by atoms with Crippen molar-refractivity contribution in [2.24, 2.45) is 17.3 Å². The molecule has 2 saturated heterocycles. The number of piperidine rings is 1. The van der Waals surface area contributed by atoms with E-state index in [9.17, 15) is 22.8 Å². The molecule has 6 atom stereocenters. The molecule has 1 N–H and O–H groups in total. The number of alkyl carbamates (subject to hydrolysis) is 1. The third-order valence-corrected chi connectivity index (χ3v) is 9.57. The zero-order chi connectivity index (χ0) is 28.9. The van der Waals surface area contributed by atoms with Crippen molar-refractivity contribution in [3.63, 3.8) is 0 Å². The Morgan fingerprint density at radius 2 is 1.98 bits per heavy atom. The number of ether oxygens (including phenoxy) is 1. The van der Waals surface area contributed by atoms with Crippen LogP contribution in [0.15, 0.2) is 24.3 Å². The number of carbonyl (C=O) groups excluding carboxylic acids is 2. The van der Waals surface area contributed by atoms with Gasteiger partial charge in [-0.25, -0.2) is 4.79 Å². The van der Waals surface area contributed by atoms with Crippen LogP contribution in [0.3, 0.4) is 0 Å². The average Bonchev–Trinajstić information content (AvgIpc) is 3.25. The summed E-state index contributed by atoms with van der Waals surface area (Å²) in [4.78, 5) is 26.7. The molecule has 3 saturated carbocycles. The molecule has 8 nitrogen and oxygen atoms in total. The van der Waals surface area contributed by atoms with Gasteiger partial charge in [0.2, 0.25) is 5.91 Å². The van der Waals surface area contributed by atoms with Crippen molar-refractivity contribution in [3.8, 4) is 6.07 Å². The summed E-state index contributed by atoms with van der Waals surface area (Å²) in [7, 11) is -0.806. The minimum Gasteiger partial charge on any atom is -0.444 e. The Kier molecular flexibility index (Phi) is 7.59. The van der Waals surface area contributed by atoms with E-state index in [1.165, 1.54) is 17.0 Å². The smallest absolute Gasteiger partial charge is 0.444 e. The van der Waals surface area contributed by atoms with Gasteiger partial charge in [-0.1, -0.05) is 26.0 Å². The maximum absolute atomic E-state index is 13.1. The summed E-state index contributed by atoms with van der Waals surface area (Å²) >= 11 is 0. The van der Waals surface area contributed by atoms with Gasteiger partial charge in [0.25, 0.3) is 0 Å². The maximum Gasteiger partial charge on any atom is 0.482 e. The summed E-state index contributed by atoms with van der Waals surface area (Å²) in [5.74, 6) is -0.193. The minimum absolute atomic E-state index is 0.120. The lowest BCUT2D eigenvalue weighted by Gasteiger charge is -2.64. The van der Waals surface area contributed by atoms with Crippen molar-refractivity contribution in [1.29, 1.82) is 5.26 Å². The Morgan fingerprint density at radius 3 is 2.62 bits per heavy atom. The van der Waals surface area contributed by atoms with Crippen LogP contribution in [-0.4, -0.2) is 60.9 Å². The Balaban J connectivity index is 1.30. The summed E-state index contributed by atoms with van der Waals surface area (Å²) in [5.41, 5.74) is -0.574. The molecule has 1 aromatic rings. The van der Waals surface area contributed by atoms with Gasteiger partial charge in [-0.2, -0.15) is 18.4 Å². The number of benzene rings is 1. The highest BCUT2D eigenvalue weighted by Gasteiger charge is 2.68. The summed E-state index contributed by atoms with van der Waals surface area (Å²) < 4.78 is 57.9. The van der Waals surface area contributed by atoms with E-state index in [1.807, 2.05) is 6.07 Å². The highest BCUT2D eigenvalue weighted by molar-refractivity contribution is 6.47. The number of nitriles is 1. The van der Waals surface area contributed by atoms with Crippen LogP contribution in [0, 0.1) is 28.6 Å². The van der Waals surface area contributed by atoms with E-state index in [2.05, 4.69) is 26.1 Å². The van der Waals surface area contributed by atoms with Crippen LogP contribution in [0.25, 0.3) is 0 Å². The van der Waals surface area contributed by atoms with Crippen molar-refractivity contribution in [3.05, 3.63) is 35.4 Å². The molecule has 2 amide bonds. The van der Waals surface area contributed by atoms with Gasteiger partial charge in [0.15, 0.2) is 0 Å². The van der Waals surface area contributed by atoms with Crippen molar-refractivity contribution in [2.45, 2.75) is 89.2 Å². The average molecular weight is 561 g/mol. The number of nitrogens with zero attached hydrogens (tertiary/aromatic N) is 2. The molecule has 0 aromatic heterocycles. The Bertz CT molecular complexity index is 1170. The van der Waals surface area contributed by atoms with Crippen molar-refractivity contribution >= 4 is 19.1 Å². The van der Waals surface area contributed by atoms with Gasteiger partial charge < -0.3 is 24.3 Å². The van der Waals surface area contributed by atoms with E-state index in [-0.39, 0.29) is 36.8 Å². The largest absolute Gasteiger partial charge is 0.482 e. The summed E-state index contributed by atoms with van der Waals surface area (Å²) in [6.45, 7) is 7.25. The number of hydrogen-bond donors (Lipinski definition) is 1. The van der Waals surface area contributed by atoms with Gasteiger partial charge >= 0.3 is 19.4 Å². The first-order valence-electron chi connectivity index (χ1n) is 13.9. The zero-order valence-corrected chi connectivity index (χ0v) is 23.0. The molecule has 0 spiro atoms. The third kappa shape index (κ3) is 5.42. The van der Waals surface area contributed by atoms with Crippen molar-refractivity contribution < 1.29 is 36.8 Å².